The molecule has 1 N–H and O–H groups in total. The number of nitrogens with zero attached hydrogens (tertiary/aromatic N) is 1. The molecule has 0 bridgehead atoms. The molecule has 0 aliphatic heterocycles. The molecule has 1 aromatic heterocycles. The van der Waals surface area contributed by atoms with Crippen molar-refractivity contribution in [3.8, 4) is 6.07 Å². The Morgan fingerprint density at radius 1 is 1.43 bits per heavy atom. The predicted octanol–water partition coefficient (Wildman–Crippen LogP) is 3.60. The van der Waals surface area contributed by atoms with E-state index >= 15 is 0 Å². The van der Waals surface area contributed by atoms with Gasteiger partial charge in [0.1, 0.15) is 16.9 Å². The Kier molecular flexibility index (Phi) is 5.32. The Labute approximate surface area is 140 Å². The molecule has 2 rings (SSSR count). The lowest BCUT2D eigenvalue weighted by atomic mass is 10.2. The highest BCUT2D eigenvalue weighted by Crippen LogP contribution is 2.22. The Balaban J connectivity index is 2.03. The van der Waals surface area contributed by atoms with Gasteiger partial charge in [-0.15, -0.1) is 11.3 Å². The maximum absolute atomic E-state index is 13.6. The van der Waals surface area contributed by atoms with E-state index in [-0.39, 0.29) is 10.6 Å². The number of esters is 1. The fourth-order valence-electron chi connectivity index (χ4n) is 1.64. The number of nitriles is 1. The van der Waals surface area contributed by atoms with Crippen LogP contribution in [0.4, 0.5) is 9.39 Å². The molecule has 0 radical (unpaired) electrons. The molecule has 118 valence electrons. The van der Waals surface area contributed by atoms with Crippen LogP contribution >= 0.6 is 22.9 Å². The van der Waals surface area contributed by atoms with Gasteiger partial charge >= 0.3 is 5.97 Å². The molecule has 0 fully saturated rings. The smallest absolute Gasteiger partial charge is 0.341 e. The minimum Gasteiger partial charge on any atom is -0.449 e. The SMILES string of the molecule is CC(OC(=O)c1ccc(Cl)cc1F)C(=O)Nc1sccc1C#N. The van der Waals surface area contributed by atoms with E-state index in [1.807, 2.05) is 6.07 Å². The van der Waals surface area contributed by atoms with Crippen molar-refractivity contribution in [3.05, 3.63) is 51.6 Å². The van der Waals surface area contributed by atoms with E-state index in [0.717, 1.165) is 6.07 Å². The van der Waals surface area contributed by atoms with Gasteiger partial charge in [0.25, 0.3) is 5.91 Å². The zero-order valence-electron chi connectivity index (χ0n) is 11.8. The van der Waals surface area contributed by atoms with E-state index in [2.05, 4.69) is 5.32 Å². The van der Waals surface area contributed by atoms with Gasteiger partial charge in [0, 0.05) is 5.02 Å². The highest BCUT2D eigenvalue weighted by molar-refractivity contribution is 7.14. The van der Waals surface area contributed by atoms with Gasteiger partial charge in [-0.25, -0.2) is 9.18 Å². The third kappa shape index (κ3) is 4.06. The molecular formula is C15H10ClFN2O3S. The van der Waals surface area contributed by atoms with Gasteiger partial charge in [0.2, 0.25) is 0 Å². The third-order valence-electron chi connectivity index (χ3n) is 2.83. The molecule has 23 heavy (non-hydrogen) atoms. The summed E-state index contributed by atoms with van der Waals surface area (Å²) in [5, 5.41) is 13.5. The second-order valence-corrected chi connectivity index (χ2v) is 5.79. The molecule has 1 heterocycles. The van der Waals surface area contributed by atoms with Crippen LogP contribution in [0.5, 0.6) is 0 Å². The predicted molar refractivity (Wildman–Crippen MR) is 84.0 cm³/mol. The molecule has 0 aliphatic carbocycles. The molecule has 1 atom stereocenters. The molecule has 1 amide bonds. The number of carbonyl (C=O) groups excluding carboxylic acids is 2. The number of rotatable bonds is 4. The van der Waals surface area contributed by atoms with Gasteiger partial charge in [-0.05, 0) is 36.6 Å². The van der Waals surface area contributed by atoms with E-state index in [9.17, 15) is 14.0 Å². The van der Waals surface area contributed by atoms with Crippen molar-refractivity contribution in [1.82, 2.24) is 0 Å². The van der Waals surface area contributed by atoms with Crippen molar-refractivity contribution in [2.75, 3.05) is 5.32 Å². The maximum atomic E-state index is 13.6. The lowest BCUT2D eigenvalue weighted by Crippen LogP contribution is -2.30. The van der Waals surface area contributed by atoms with Crippen molar-refractivity contribution in [2.24, 2.45) is 0 Å². The van der Waals surface area contributed by atoms with Gasteiger partial charge in [-0.2, -0.15) is 5.26 Å². The van der Waals surface area contributed by atoms with Crippen LogP contribution in [0, 0.1) is 17.1 Å². The van der Waals surface area contributed by atoms with Gasteiger partial charge in [0.05, 0.1) is 11.1 Å². The normalized spacial score (nSPS) is 11.4. The molecule has 2 aromatic rings. The molecule has 0 saturated carbocycles. The first-order valence-electron chi connectivity index (χ1n) is 6.37. The summed E-state index contributed by atoms with van der Waals surface area (Å²) in [6, 6.07) is 6.98. The Hall–Kier alpha value is -2.43. The second-order valence-electron chi connectivity index (χ2n) is 4.44. The number of carbonyl (C=O) groups is 2. The highest BCUT2D eigenvalue weighted by atomic mass is 35.5. The van der Waals surface area contributed by atoms with Crippen molar-refractivity contribution in [3.63, 3.8) is 0 Å². The monoisotopic (exact) mass is 352 g/mol. The van der Waals surface area contributed by atoms with Gasteiger partial charge in [0.15, 0.2) is 6.10 Å². The van der Waals surface area contributed by atoms with Crippen LogP contribution in [0.25, 0.3) is 0 Å². The van der Waals surface area contributed by atoms with E-state index in [1.54, 1.807) is 11.4 Å². The summed E-state index contributed by atoms with van der Waals surface area (Å²) in [6.45, 7) is 1.35. The van der Waals surface area contributed by atoms with Crippen molar-refractivity contribution in [2.45, 2.75) is 13.0 Å². The van der Waals surface area contributed by atoms with Crippen LogP contribution in [0.3, 0.4) is 0 Å². The van der Waals surface area contributed by atoms with Gasteiger partial charge in [-0.3, -0.25) is 4.79 Å². The summed E-state index contributed by atoms with van der Waals surface area (Å²) in [5.74, 6) is -2.43. The van der Waals surface area contributed by atoms with Crippen LogP contribution < -0.4 is 5.32 Å². The first-order valence-corrected chi connectivity index (χ1v) is 7.62. The molecule has 0 aliphatic rings. The molecule has 8 heteroatoms. The second kappa shape index (κ2) is 7.22. The summed E-state index contributed by atoms with van der Waals surface area (Å²) in [5.41, 5.74) is -0.00601. The minimum atomic E-state index is -1.16. The summed E-state index contributed by atoms with van der Waals surface area (Å²) in [4.78, 5) is 23.9. The van der Waals surface area contributed by atoms with Gasteiger partial charge < -0.3 is 10.1 Å². The number of thiophene rings is 1. The molecule has 1 aromatic carbocycles. The minimum absolute atomic E-state index is 0.145. The Morgan fingerprint density at radius 3 is 2.83 bits per heavy atom. The lowest BCUT2D eigenvalue weighted by Gasteiger charge is -2.13. The Bertz CT molecular complexity index is 800. The summed E-state index contributed by atoms with van der Waals surface area (Å²) < 4.78 is 18.6. The molecular weight excluding hydrogens is 343 g/mol. The van der Waals surface area contributed by atoms with Crippen molar-refractivity contribution in [1.29, 1.82) is 5.26 Å². The van der Waals surface area contributed by atoms with E-state index in [1.165, 1.54) is 30.4 Å². The van der Waals surface area contributed by atoms with Crippen molar-refractivity contribution < 1.29 is 18.7 Å². The first kappa shape index (κ1) is 16.9. The quantitative estimate of drug-likeness (QED) is 0.853. The zero-order chi connectivity index (χ0) is 17.0. The van der Waals surface area contributed by atoms with E-state index in [0.29, 0.717) is 10.6 Å². The average molecular weight is 353 g/mol. The van der Waals surface area contributed by atoms with Gasteiger partial charge in [-0.1, -0.05) is 11.6 Å². The number of amides is 1. The maximum Gasteiger partial charge on any atom is 0.341 e. The summed E-state index contributed by atoms with van der Waals surface area (Å²) >= 11 is 6.77. The average Bonchev–Trinajstić information content (AvgIpc) is 2.94. The highest BCUT2D eigenvalue weighted by Gasteiger charge is 2.22. The zero-order valence-corrected chi connectivity index (χ0v) is 13.4. The molecule has 0 saturated heterocycles. The van der Waals surface area contributed by atoms with Crippen LogP contribution in [-0.4, -0.2) is 18.0 Å². The summed E-state index contributed by atoms with van der Waals surface area (Å²) in [7, 11) is 0. The third-order valence-corrected chi connectivity index (χ3v) is 3.89. The van der Waals surface area contributed by atoms with Crippen LogP contribution in [-0.2, 0) is 9.53 Å². The fraction of sp³-hybridized carbons (Fsp3) is 0.133. The van der Waals surface area contributed by atoms with E-state index in [4.69, 9.17) is 21.6 Å². The molecule has 1 unspecified atom stereocenters. The number of anilines is 1. The largest absolute Gasteiger partial charge is 0.449 e. The van der Waals surface area contributed by atoms with Crippen LogP contribution in [0.15, 0.2) is 29.6 Å². The lowest BCUT2D eigenvalue weighted by molar-refractivity contribution is -0.123. The molecule has 0 spiro atoms. The topological polar surface area (TPSA) is 79.2 Å². The van der Waals surface area contributed by atoms with Crippen LogP contribution in [0.2, 0.25) is 5.02 Å². The number of hydrogen-bond acceptors (Lipinski definition) is 5. The van der Waals surface area contributed by atoms with Crippen LogP contribution in [0.1, 0.15) is 22.8 Å². The van der Waals surface area contributed by atoms with E-state index < -0.39 is 23.8 Å². The summed E-state index contributed by atoms with van der Waals surface area (Å²) in [6.07, 6.45) is -1.16. The molecule has 5 nitrogen and oxygen atoms in total. The van der Waals surface area contributed by atoms with Crippen molar-refractivity contribution >= 4 is 39.8 Å². The number of ether oxygens (including phenoxy) is 1. The Morgan fingerprint density at radius 2 is 2.17 bits per heavy atom. The number of benzene rings is 1. The number of nitrogens with one attached hydrogen (secondary N) is 1. The number of hydrogen-bond donors (Lipinski definition) is 1. The number of halogens is 2. The first-order chi connectivity index (χ1) is 10.9. The standard InChI is InChI=1S/C15H10ClFN2O3S/c1-8(13(20)19-14-9(7-18)4-5-23-14)22-15(21)11-3-2-10(16)6-12(11)17/h2-6,8H,1H3,(H,19,20). The fourth-order valence-corrected chi connectivity index (χ4v) is 2.54.